The smallest absolute Gasteiger partial charge is 0.258 e. The van der Waals surface area contributed by atoms with E-state index in [-0.39, 0.29) is 5.91 Å². The van der Waals surface area contributed by atoms with Gasteiger partial charge in [-0.3, -0.25) is 9.59 Å². The second-order valence-corrected chi connectivity index (χ2v) is 5.81. The summed E-state index contributed by atoms with van der Waals surface area (Å²) in [5.41, 5.74) is 1.06. The van der Waals surface area contributed by atoms with Crippen LogP contribution < -0.4 is 15.0 Å². The van der Waals surface area contributed by atoms with Crippen LogP contribution >= 0.6 is 0 Å². The number of hydrogen-bond donors (Lipinski definition) is 1. The van der Waals surface area contributed by atoms with Crippen LogP contribution in [0.15, 0.2) is 36.7 Å². The van der Waals surface area contributed by atoms with E-state index in [9.17, 15) is 9.59 Å². The molecule has 2 heterocycles. The highest BCUT2D eigenvalue weighted by molar-refractivity contribution is 6.03. The predicted octanol–water partition coefficient (Wildman–Crippen LogP) is 1.41. The number of rotatable bonds is 6. The van der Waals surface area contributed by atoms with Gasteiger partial charge in [0.1, 0.15) is 5.75 Å². The van der Waals surface area contributed by atoms with Crippen molar-refractivity contribution in [2.24, 2.45) is 0 Å². The summed E-state index contributed by atoms with van der Waals surface area (Å²) in [6.45, 7) is 5.16. The standard InChI is InChI=1S/C18H21N5O3/c1-2-26-16-5-3-15(4-6-16)21-17(25)14-11-19-18(20-12-14)23-9-7-22(13-24)8-10-23/h3-6,11-13H,2,7-10H2,1H3,(H,21,25). The summed E-state index contributed by atoms with van der Waals surface area (Å²) in [6, 6.07) is 7.17. The molecule has 0 saturated carbocycles. The van der Waals surface area contributed by atoms with Gasteiger partial charge in [-0.25, -0.2) is 9.97 Å². The van der Waals surface area contributed by atoms with E-state index in [4.69, 9.17) is 4.74 Å². The van der Waals surface area contributed by atoms with Crippen LogP contribution in [0.3, 0.4) is 0 Å². The van der Waals surface area contributed by atoms with E-state index in [1.165, 1.54) is 12.4 Å². The average Bonchev–Trinajstić information content (AvgIpc) is 2.70. The largest absolute Gasteiger partial charge is 0.494 e. The first-order valence-electron chi connectivity index (χ1n) is 8.50. The molecule has 0 atom stereocenters. The fraction of sp³-hybridized carbons (Fsp3) is 0.333. The van der Waals surface area contributed by atoms with Gasteiger partial charge < -0.3 is 19.9 Å². The van der Waals surface area contributed by atoms with Crippen LogP contribution in [0.5, 0.6) is 5.75 Å². The first kappa shape index (κ1) is 17.7. The van der Waals surface area contributed by atoms with Crippen molar-refractivity contribution in [2.45, 2.75) is 6.92 Å². The van der Waals surface area contributed by atoms with Gasteiger partial charge in [-0.15, -0.1) is 0 Å². The average molecular weight is 355 g/mol. The number of nitrogens with zero attached hydrogens (tertiary/aromatic N) is 4. The Morgan fingerprint density at radius 1 is 1.15 bits per heavy atom. The van der Waals surface area contributed by atoms with Crippen molar-refractivity contribution < 1.29 is 14.3 Å². The molecule has 3 rings (SSSR count). The Kier molecular flexibility index (Phi) is 5.62. The summed E-state index contributed by atoms with van der Waals surface area (Å²) in [6.07, 6.45) is 3.88. The van der Waals surface area contributed by atoms with Gasteiger partial charge in [0.25, 0.3) is 5.91 Å². The number of anilines is 2. The molecule has 1 aliphatic rings. The number of nitrogens with one attached hydrogen (secondary N) is 1. The SMILES string of the molecule is CCOc1ccc(NC(=O)c2cnc(N3CCN(C=O)CC3)nc2)cc1. The maximum atomic E-state index is 12.3. The minimum absolute atomic E-state index is 0.272. The highest BCUT2D eigenvalue weighted by Crippen LogP contribution is 2.17. The second kappa shape index (κ2) is 8.28. The first-order valence-corrected chi connectivity index (χ1v) is 8.50. The lowest BCUT2D eigenvalue weighted by Gasteiger charge is -2.32. The van der Waals surface area contributed by atoms with Crippen LogP contribution in [-0.2, 0) is 4.79 Å². The lowest BCUT2D eigenvalue weighted by molar-refractivity contribution is -0.118. The number of hydrogen-bond acceptors (Lipinski definition) is 6. The van der Waals surface area contributed by atoms with Gasteiger partial charge in [0.05, 0.1) is 12.2 Å². The number of aromatic nitrogens is 2. The van der Waals surface area contributed by atoms with Gasteiger partial charge in [0.2, 0.25) is 12.4 Å². The maximum Gasteiger partial charge on any atom is 0.258 e. The Morgan fingerprint density at radius 2 is 1.81 bits per heavy atom. The van der Waals surface area contributed by atoms with E-state index in [0.29, 0.717) is 50.0 Å². The Morgan fingerprint density at radius 3 is 2.38 bits per heavy atom. The van der Waals surface area contributed by atoms with E-state index >= 15 is 0 Å². The summed E-state index contributed by atoms with van der Waals surface area (Å²) in [5, 5.41) is 2.81. The van der Waals surface area contributed by atoms with Crippen molar-refractivity contribution in [3.05, 3.63) is 42.2 Å². The van der Waals surface area contributed by atoms with Gasteiger partial charge in [-0.05, 0) is 31.2 Å². The maximum absolute atomic E-state index is 12.3. The third-order valence-corrected chi connectivity index (χ3v) is 4.07. The molecule has 0 bridgehead atoms. The fourth-order valence-corrected chi connectivity index (χ4v) is 2.63. The highest BCUT2D eigenvalue weighted by Gasteiger charge is 2.18. The molecule has 1 N–H and O–H groups in total. The molecule has 1 aromatic carbocycles. The molecule has 1 aliphatic heterocycles. The lowest BCUT2D eigenvalue weighted by Crippen LogP contribution is -2.46. The van der Waals surface area contributed by atoms with Crippen molar-refractivity contribution in [3.63, 3.8) is 0 Å². The molecule has 8 nitrogen and oxygen atoms in total. The summed E-state index contributed by atoms with van der Waals surface area (Å²) in [7, 11) is 0. The third-order valence-electron chi connectivity index (χ3n) is 4.07. The van der Waals surface area contributed by atoms with E-state index < -0.39 is 0 Å². The molecule has 26 heavy (non-hydrogen) atoms. The van der Waals surface area contributed by atoms with Crippen LogP contribution in [0.4, 0.5) is 11.6 Å². The Bertz CT molecular complexity index is 740. The highest BCUT2D eigenvalue weighted by atomic mass is 16.5. The summed E-state index contributed by atoms with van der Waals surface area (Å²) >= 11 is 0. The quantitative estimate of drug-likeness (QED) is 0.788. The minimum atomic E-state index is -0.272. The summed E-state index contributed by atoms with van der Waals surface area (Å²) in [4.78, 5) is 35.3. The molecule has 0 unspecified atom stereocenters. The van der Waals surface area contributed by atoms with E-state index in [1.807, 2.05) is 11.8 Å². The fourth-order valence-electron chi connectivity index (χ4n) is 2.63. The number of benzene rings is 1. The molecule has 0 aliphatic carbocycles. The Labute approximate surface area is 151 Å². The number of amides is 2. The number of carbonyl (C=O) groups excluding carboxylic acids is 2. The molecular weight excluding hydrogens is 334 g/mol. The molecule has 8 heteroatoms. The molecule has 2 amide bonds. The normalized spacial score (nSPS) is 14.0. The van der Waals surface area contributed by atoms with Gasteiger partial charge >= 0.3 is 0 Å². The predicted molar refractivity (Wildman–Crippen MR) is 97.4 cm³/mol. The van der Waals surface area contributed by atoms with Crippen LogP contribution in [0.1, 0.15) is 17.3 Å². The van der Waals surface area contributed by atoms with Crippen molar-refractivity contribution in [1.82, 2.24) is 14.9 Å². The van der Waals surface area contributed by atoms with Gasteiger partial charge in [-0.2, -0.15) is 0 Å². The molecule has 1 aromatic heterocycles. The third kappa shape index (κ3) is 4.27. The Balaban J connectivity index is 1.59. The molecular formula is C18H21N5O3. The van der Waals surface area contributed by atoms with Crippen LogP contribution in [0, 0.1) is 0 Å². The van der Waals surface area contributed by atoms with E-state index in [2.05, 4.69) is 15.3 Å². The summed E-state index contributed by atoms with van der Waals surface area (Å²) < 4.78 is 5.38. The van der Waals surface area contributed by atoms with E-state index in [0.717, 1.165) is 12.2 Å². The molecule has 1 fully saturated rings. The molecule has 0 radical (unpaired) electrons. The number of ether oxygens (including phenoxy) is 1. The minimum Gasteiger partial charge on any atom is -0.494 e. The van der Waals surface area contributed by atoms with E-state index in [1.54, 1.807) is 29.2 Å². The summed E-state index contributed by atoms with van der Waals surface area (Å²) in [5.74, 6) is 1.05. The van der Waals surface area contributed by atoms with Crippen molar-refractivity contribution >= 4 is 24.0 Å². The number of piperazine rings is 1. The second-order valence-electron chi connectivity index (χ2n) is 5.81. The number of carbonyl (C=O) groups is 2. The van der Waals surface area contributed by atoms with Gasteiger partial charge in [0, 0.05) is 44.3 Å². The van der Waals surface area contributed by atoms with Crippen molar-refractivity contribution in [1.29, 1.82) is 0 Å². The monoisotopic (exact) mass is 355 g/mol. The zero-order valence-corrected chi connectivity index (χ0v) is 14.6. The molecule has 0 spiro atoms. The van der Waals surface area contributed by atoms with Crippen molar-refractivity contribution in [3.8, 4) is 5.75 Å². The van der Waals surface area contributed by atoms with Gasteiger partial charge in [0.15, 0.2) is 0 Å². The lowest BCUT2D eigenvalue weighted by atomic mass is 10.2. The zero-order chi connectivity index (χ0) is 18.4. The van der Waals surface area contributed by atoms with Crippen molar-refractivity contribution in [2.75, 3.05) is 43.0 Å². The Hall–Kier alpha value is -3.16. The van der Waals surface area contributed by atoms with Crippen LogP contribution in [-0.4, -0.2) is 60.0 Å². The first-order chi connectivity index (χ1) is 12.7. The van der Waals surface area contributed by atoms with Crippen LogP contribution in [0.25, 0.3) is 0 Å². The molecule has 2 aromatic rings. The zero-order valence-electron chi connectivity index (χ0n) is 14.6. The molecule has 1 saturated heterocycles. The molecule has 136 valence electrons. The van der Waals surface area contributed by atoms with Gasteiger partial charge in [-0.1, -0.05) is 0 Å². The topological polar surface area (TPSA) is 87.7 Å². The van der Waals surface area contributed by atoms with Crippen LogP contribution in [0.2, 0.25) is 0 Å².